The van der Waals surface area contributed by atoms with Gasteiger partial charge in [0.2, 0.25) is 0 Å². The van der Waals surface area contributed by atoms with Gasteiger partial charge >= 0.3 is 0 Å². The molecule has 3 N–H and O–H groups in total. The van der Waals surface area contributed by atoms with Crippen LogP contribution in [0.25, 0.3) is 5.65 Å². The highest BCUT2D eigenvalue weighted by molar-refractivity contribution is 5.38. The lowest BCUT2D eigenvalue weighted by Crippen LogP contribution is -2.14. The highest BCUT2D eigenvalue weighted by Gasteiger charge is 2.13. The van der Waals surface area contributed by atoms with Gasteiger partial charge in [-0.2, -0.15) is 0 Å². The summed E-state index contributed by atoms with van der Waals surface area (Å²) in [4.78, 5) is 4.09. The van der Waals surface area contributed by atoms with E-state index in [4.69, 9.17) is 5.73 Å². The molecule has 0 spiro atoms. The Balaban J connectivity index is 2.58. The number of rotatable bonds is 2. The molecule has 2 heterocycles. The van der Waals surface area contributed by atoms with Gasteiger partial charge in [0.05, 0.1) is 0 Å². The summed E-state index contributed by atoms with van der Waals surface area (Å²) in [6.45, 7) is 1.99. The van der Waals surface area contributed by atoms with E-state index in [0.717, 1.165) is 5.69 Å². The Morgan fingerprint density at radius 2 is 2.36 bits per heavy atom. The second kappa shape index (κ2) is 3.32. The summed E-state index contributed by atoms with van der Waals surface area (Å²) >= 11 is 0. The maximum atomic E-state index is 9.51. The van der Waals surface area contributed by atoms with Gasteiger partial charge in [0.1, 0.15) is 12.4 Å². The number of aryl methyl sites for hydroxylation is 1. The number of aromatic nitrogens is 4. The van der Waals surface area contributed by atoms with E-state index in [1.54, 1.807) is 16.8 Å². The van der Waals surface area contributed by atoms with Crippen LogP contribution in [0.2, 0.25) is 0 Å². The van der Waals surface area contributed by atoms with E-state index in [1.807, 2.05) is 6.92 Å². The monoisotopic (exact) mass is 193 g/mol. The number of nitrogens with zero attached hydrogens (tertiary/aromatic N) is 4. The number of hydrogen-bond acceptors (Lipinski definition) is 5. The van der Waals surface area contributed by atoms with Crippen molar-refractivity contribution in [3.05, 3.63) is 23.9 Å². The fraction of sp³-hybridized carbons (Fsp3) is 0.375. The van der Waals surface area contributed by atoms with Crippen LogP contribution in [0.1, 0.15) is 17.6 Å². The van der Waals surface area contributed by atoms with E-state index in [1.165, 1.54) is 0 Å². The molecular formula is C8H11N5O. The Labute approximate surface area is 80.4 Å². The van der Waals surface area contributed by atoms with Crippen LogP contribution in [0.3, 0.4) is 0 Å². The number of fused-ring (bicyclic) bond motifs is 1. The largest absolute Gasteiger partial charge is 0.384 e. The van der Waals surface area contributed by atoms with Crippen molar-refractivity contribution in [1.29, 1.82) is 0 Å². The van der Waals surface area contributed by atoms with Gasteiger partial charge in [0, 0.05) is 18.3 Å². The summed E-state index contributed by atoms with van der Waals surface area (Å²) in [5.74, 6) is 0.426. The van der Waals surface area contributed by atoms with Gasteiger partial charge in [-0.15, -0.1) is 10.2 Å². The molecule has 0 aliphatic heterocycles. The van der Waals surface area contributed by atoms with Crippen molar-refractivity contribution in [2.45, 2.75) is 13.0 Å². The fourth-order valence-electron chi connectivity index (χ4n) is 1.24. The van der Waals surface area contributed by atoms with E-state index in [-0.39, 0.29) is 6.54 Å². The summed E-state index contributed by atoms with van der Waals surface area (Å²) in [5.41, 5.74) is 6.86. The molecule has 2 rings (SSSR count). The lowest BCUT2D eigenvalue weighted by atomic mass is 10.3. The molecule has 6 nitrogen and oxygen atoms in total. The molecule has 0 aliphatic carbocycles. The van der Waals surface area contributed by atoms with Crippen LogP contribution in [-0.2, 0) is 0 Å². The first kappa shape index (κ1) is 9.04. The first-order valence-corrected chi connectivity index (χ1v) is 4.28. The first-order chi connectivity index (χ1) is 6.72. The third kappa shape index (κ3) is 1.34. The number of aliphatic hydroxyl groups excluding tert-OH is 1. The third-order valence-electron chi connectivity index (χ3n) is 1.98. The van der Waals surface area contributed by atoms with Gasteiger partial charge in [-0.05, 0) is 6.92 Å². The number of nitrogens with two attached hydrogens (primary N) is 1. The Kier molecular flexibility index (Phi) is 2.14. The van der Waals surface area contributed by atoms with Crippen LogP contribution >= 0.6 is 0 Å². The zero-order valence-corrected chi connectivity index (χ0v) is 7.75. The average molecular weight is 193 g/mol. The minimum atomic E-state index is -0.797. The summed E-state index contributed by atoms with van der Waals surface area (Å²) in [6.07, 6.45) is 0.785. The standard InChI is InChI=1S/C8H11N5O/c1-5-2-7-11-12-8(6(14)3-9)13(7)4-10-5/h2,4,6,14H,3,9H2,1H3. The molecule has 0 saturated heterocycles. The second-order valence-electron chi connectivity index (χ2n) is 3.07. The smallest absolute Gasteiger partial charge is 0.168 e. The van der Waals surface area contributed by atoms with Crippen molar-refractivity contribution < 1.29 is 5.11 Å². The van der Waals surface area contributed by atoms with E-state index in [0.29, 0.717) is 11.5 Å². The molecule has 1 unspecified atom stereocenters. The van der Waals surface area contributed by atoms with Crippen molar-refractivity contribution >= 4 is 5.65 Å². The minimum absolute atomic E-state index is 0.120. The summed E-state index contributed by atoms with van der Waals surface area (Å²) in [5, 5.41) is 17.3. The molecule has 0 radical (unpaired) electrons. The van der Waals surface area contributed by atoms with Crippen LogP contribution in [0.5, 0.6) is 0 Å². The molecule has 74 valence electrons. The summed E-state index contributed by atoms with van der Waals surface area (Å²) < 4.78 is 1.63. The Morgan fingerprint density at radius 3 is 3.07 bits per heavy atom. The highest BCUT2D eigenvalue weighted by atomic mass is 16.3. The van der Waals surface area contributed by atoms with Gasteiger partial charge in [-0.25, -0.2) is 4.98 Å². The lowest BCUT2D eigenvalue weighted by molar-refractivity contribution is 0.175. The fourth-order valence-corrected chi connectivity index (χ4v) is 1.24. The molecule has 1 atom stereocenters. The van der Waals surface area contributed by atoms with E-state index in [2.05, 4.69) is 15.2 Å². The molecule has 14 heavy (non-hydrogen) atoms. The molecule has 6 heteroatoms. The SMILES string of the molecule is Cc1cc2nnc(C(O)CN)n2cn1. The maximum Gasteiger partial charge on any atom is 0.168 e. The van der Waals surface area contributed by atoms with Gasteiger partial charge < -0.3 is 10.8 Å². The predicted molar refractivity (Wildman–Crippen MR) is 49.5 cm³/mol. The first-order valence-electron chi connectivity index (χ1n) is 4.28. The van der Waals surface area contributed by atoms with E-state index >= 15 is 0 Å². The molecule has 0 aromatic carbocycles. The molecule has 0 fully saturated rings. The predicted octanol–water partition coefficient (Wildman–Crippen LogP) is -0.575. The van der Waals surface area contributed by atoms with E-state index < -0.39 is 6.10 Å². The summed E-state index contributed by atoms with van der Waals surface area (Å²) in [7, 11) is 0. The molecule has 0 amide bonds. The molecule has 2 aromatic rings. The molecule has 2 aromatic heterocycles. The Bertz CT molecular complexity index is 452. The van der Waals surface area contributed by atoms with Crippen LogP contribution < -0.4 is 5.73 Å². The molecule has 0 bridgehead atoms. The zero-order chi connectivity index (χ0) is 10.1. The van der Waals surface area contributed by atoms with Gasteiger partial charge in [-0.3, -0.25) is 4.40 Å². The normalized spacial score (nSPS) is 13.4. The summed E-state index contributed by atoms with van der Waals surface area (Å²) in [6, 6.07) is 1.79. The van der Waals surface area contributed by atoms with Crippen LogP contribution in [-0.4, -0.2) is 31.2 Å². The number of hydrogen-bond donors (Lipinski definition) is 2. The van der Waals surface area contributed by atoms with Crippen molar-refractivity contribution in [3.63, 3.8) is 0 Å². The second-order valence-corrected chi connectivity index (χ2v) is 3.07. The topological polar surface area (TPSA) is 89.3 Å². The van der Waals surface area contributed by atoms with Crippen molar-refractivity contribution in [3.8, 4) is 0 Å². The molecule has 0 saturated carbocycles. The van der Waals surface area contributed by atoms with Crippen LogP contribution in [0, 0.1) is 6.92 Å². The average Bonchev–Trinajstić information content (AvgIpc) is 2.59. The van der Waals surface area contributed by atoms with Gasteiger partial charge in [0.25, 0.3) is 0 Å². The van der Waals surface area contributed by atoms with Crippen LogP contribution in [0.4, 0.5) is 0 Å². The number of aliphatic hydroxyl groups is 1. The molecule has 0 aliphatic rings. The minimum Gasteiger partial charge on any atom is -0.384 e. The van der Waals surface area contributed by atoms with Crippen LogP contribution in [0.15, 0.2) is 12.4 Å². The Hall–Kier alpha value is -1.53. The van der Waals surface area contributed by atoms with Crippen molar-refractivity contribution in [2.24, 2.45) is 5.73 Å². The lowest BCUT2D eigenvalue weighted by Gasteiger charge is -2.04. The van der Waals surface area contributed by atoms with Crippen molar-refractivity contribution in [2.75, 3.05) is 6.54 Å². The van der Waals surface area contributed by atoms with Crippen molar-refractivity contribution in [1.82, 2.24) is 19.6 Å². The third-order valence-corrected chi connectivity index (χ3v) is 1.98. The molecular weight excluding hydrogens is 182 g/mol. The Morgan fingerprint density at radius 1 is 1.57 bits per heavy atom. The highest BCUT2D eigenvalue weighted by Crippen LogP contribution is 2.10. The maximum absolute atomic E-state index is 9.51. The zero-order valence-electron chi connectivity index (χ0n) is 7.75. The van der Waals surface area contributed by atoms with Gasteiger partial charge in [0.15, 0.2) is 11.5 Å². The van der Waals surface area contributed by atoms with E-state index in [9.17, 15) is 5.11 Å². The van der Waals surface area contributed by atoms with Gasteiger partial charge in [-0.1, -0.05) is 0 Å². The quantitative estimate of drug-likeness (QED) is 0.666.